The summed E-state index contributed by atoms with van der Waals surface area (Å²) in [6.45, 7) is 8.38. The molecular weight excluding hydrogens is 136 g/mol. The molecule has 2 atom stereocenters. The van der Waals surface area contributed by atoms with Gasteiger partial charge in [-0.15, -0.1) is 0 Å². The van der Waals surface area contributed by atoms with Gasteiger partial charge in [0.15, 0.2) is 0 Å². The lowest BCUT2D eigenvalue weighted by Gasteiger charge is -2.35. The highest BCUT2D eigenvalue weighted by molar-refractivity contribution is 5.86. The Labute approximate surface area is 69.2 Å². The predicted octanol–water partition coefficient (Wildman–Crippen LogP) is 2.65. The molecule has 1 rings (SSSR count). The zero-order chi connectivity index (χ0) is 8.65. The molecule has 1 aliphatic rings. The van der Waals surface area contributed by atoms with E-state index in [4.69, 9.17) is 0 Å². The van der Waals surface area contributed by atoms with Gasteiger partial charge in [-0.25, -0.2) is 0 Å². The topological polar surface area (TPSA) is 17.1 Å². The molecular formula is C10H18O. The normalized spacial score (nSPS) is 37.3. The Morgan fingerprint density at radius 3 is 2.36 bits per heavy atom. The van der Waals surface area contributed by atoms with Crippen molar-refractivity contribution in [1.82, 2.24) is 0 Å². The summed E-state index contributed by atoms with van der Waals surface area (Å²) >= 11 is 0. The molecule has 1 nitrogen and oxygen atoms in total. The number of Topliss-reactive ketones (excluding diaryl/α,β-unsaturated/α-hetero) is 1. The van der Waals surface area contributed by atoms with Crippen LogP contribution in [-0.4, -0.2) is 5.78 Å². The highest BCUT2D eigenvalue weighted by atomic mass is 16.1. The zero-order valence-electron chi connectivity index (χ0n) is 7.98. The smallest absolute Gasteiger partial charge is 0.141 e. The molecule has 0 aromatic heterocycles. The largest absolute Gasteiger partial charge is 0.299 e. The third-order valence-corrected chi connectivity index (χ3v) is 3.16. The molecule has 0 unspecified atom stereocenters. The Morgan fingerprint density at radius 2 is 1.91 bits per heavy atom. The Balaban J connectivity index is 2.76. The summed E-state index contributed by atoms with van der Waals surface area (Å²) in [6.07, 6.45) is 2.28. The third-order valence-electron chi connectivity index (χ3n) is 3.16. The molecule has 0 saturated heterocycles. The van der Waals surface area contributed by atoms with Crippen molar-refractivity contribution in [1.29, 1.82) is 0 Å². The van der Waals surface area contributed by atoms with Gasteiger partial charge in [-0.3, -0.25) is 4.79 Å². The number of carbonyl (C=O) groups excluding carboxylic acids is 1. The first-order valence-corrected chi connectivity index (χ1v) is 4.49. The molecule has 1 saturated carbocycles. The van der Waals surface area contributed by atoms with Gasteiger partial charge in [0, 0.05) is 11.3 Å². The number of carbonyl (C=O) groups is 1. The third kappa shape index (κ3) is 1.47. The molecule has 1 fully saturated rings. The van der Waals surface area contributed by atoms with Crippen molar-refractivity contribution in [2.45, 2.75) is 40.5 Å². The summed E-state index contributed by atoms with van der Waals surface area (Å²) in [6, 6.07) is 0. The average Bonchev–Trinajstić information content (AvgIpc) is 1.95. The molecule has 0 N–H and O–H groups in total. The fourth-order valence-corrected chi connectivity index (χ4v) is 1.84. The van der Waals surface area contributed by atoms with Crippen LogP contribution >= 0.6 is 0 Å². The van der Waals surface area contributed by atoms with Crippen LogP contribution in [0.4, 0.5) is 0 Å². The van der Waals surface area contributed by atoms with Crippen molar-refractivity contribution in [3.8, 4) is 0 Å². The second kappa shape index (κ2) is 2.62. The lowest BCUT2D eigenvalue weighted by molar-refractivity contribution is -0.135. The van der Waals surface area contributed by atoms with Crippen molar-refractivity contribution in [2.75, 3.05) is 0 Å². The van der Waals surface area contributed by atoms with E-state index in [1.165, 1.54) is 6.42 Å². The number of rotatable bonds is 0. The van der Waals surface area contributed by atoms with Crippen molar-refractivity contribution < 1.29 is 4.79 Å². The minimum Gasteiger partial charge on any atom is -0.299 e. The molecule has 0 radical (unpaired) electrons. The van der Waals surface area contributed by atoms with Crippen LogP contribution in [0.3, 0.4) is 0 Å². The van der Waals surface area contributed by atoms with Gasteiger partial charge in [-0.2, -0.15) is 0 Å². The van der Waals surface area contributed by atoms with Crippen LogP contribution in [0.15, 0.2) is 0 Å². The number of ketones is 1. The molecule has 1 heteroatoms. The van der Waals surface area contributed by atoms with Gasteiger partial charge in [0.05, 0.1) is 0 Å². The van der Waals surface area contributed by atoms with Crippen LogP contribution in [-0.2, 0) is 4.79 Å². The van der Waals surface area contributed by atoms with E-state index < -0.39 is 0 Å². The molecule has 0 amide bonds. The highest BCUT2D eigenvalue weighted by Gasteiger charge is 2.38. The Morgan fingerprint density at radius 1 is 1.36 bits per heavy atom. The summed E-state index contributed by atoms with van der Waals surface area (Å²) in [5.41, 5.74) is -0.0497. The zero-order valence-corrected chi connectivity index (χ0v) is 7.98. The molecule has 0 aromatic rings. The summed E-state index contributed by atoms with van der Waals surface area (Å²) in [4.78, 5) is 11.7. The monoisotopic (exact) mass is 154 g/mol. The number of hydrogen-bond donors (Lipinski definition) is 0. The van der Waals surface area contributed by atoms with Gasteiger partial charge in [0.2, 0.25) is 0 Å². The Bertz CT molecular complexity index is 170. The van der Waals surface area contributed by atoms with Crippen LogP contribution in [0.5, 0.6) is 0 Å². The molecule has 1 aliphatic carbocycles. The van der Waals surface area contributed by atoms with E-state index in [2.05, 4.69) is 27.7 Å². The molecule has 0 aliphatic heterocycles. The minimum atomic E-state index is -0.0497. The maximum Gasteiger partial charge on any atom is 0.141 e. The van der Waals surface area contributed by atoms with E-state index in [0.717, 1.165) is 6.42 Å². The van der Waals surface area contributed by atoms with E-state index in [9.17, 15) is 4.79 Å². The minimum absolute atomic E-state index is 0.0497. The second-order valence-corrected chi connectivity index (χ2v) is 4.55. The predicted molar refractivity (Wildman–Crippen MR) is 46.4 cm³/mol. The fraction of sp³-hybridized carbons (Fsp3) is 0.900. The molecule has 0 heterocycles. The van der Waals surface area contributed by atoms with Crippen LogP contribution in [0.25, 0.3) is 0 Å². The SMILES string of the molecule is C[C@@H]1C(=O)C(C)(C)CC[C@@H]1C. The summed E-state index contributed by atoms with van der Waals surface area (Å²) in [5, 5.41) is 0. The average molecular weight is 154 g/mol. The van der Waals surface area contributed by atoms with Crippen LogP contribution in [0, 0.1) is 17.3 Å². The van der Waals surface area contributed by atoms with Crippen LogP contribution < -0.4 is 0 Å². The van der Waals surface area contributed by atoms with Gasteiger partial charge in [0.25, 0.3) is 0 Å². The van der Waals surface area contributed by atoms with Crippen molar-refractivity contribution in [2.24, 2.45) is 17.3 Å². The second-order valence-electron chi connectivity index (χ2n) is 4.55. The lowest BCUT2D eigenvalue weighted by atomic mass is 9.67. The van der Waals surface area contributed by atoms with Gasteiger partial charge in [0.1, 0.15) is 5.78 Å². The van der Waals surface area contributed by atoms with E-state index in [-0.39, 0.29) is 11.3 Å². The van der Waals surface area contributed by atoms with Gasteiger partial charge in [-0.1, -0.05) is 27.7 Å². The molecule has 0 spiro atoms. The standard InChI is InChI=1S/C10H18O/c1-7-5-6-10(3,4)9(11)8(7)2/h7-8H,5-6H2,1-4H3/t7-,8-/m0/s1. The van der Waals surface area contributed by atoms with E-state index in [1.54, 1.807) is 0 Å². The first-order valence-electron chi connectivity index (χ1n) is 4.49. The van der Waals surface area contributed by atoms with Crippen molar-refractivity contribution in [3.63, 3.8) is 0 Å². The molecule has 0 bridgehead atoms. The van der Waals surface area contributed by atoms with E-state index in [1.807, 2.05) is 0 Å². The molecule has 64 valence electrons. The van der Waals surface area contributed by atoms with Crippen LogP contribution in [0.2, 0.25) is 0 Å². The lowest BCUT2D eigenvalue weighted by Crippen LogP contribution is -2.37. The van der Waals surface area contributed by atoms with Crippen LogP contribution in [0.1, 0.15) is 40.5 Å². The number of hydrogen-bond acceptors (Lipinski definition) is 1. The first-order chi connectivity index (χ1) is 4.95. The Kier molecular flexibility index (Phi) is 2.08. The van der Waals surface area contributed by atoms with Gasteiger partial charge >= 0.3 is 0 Å². The molecule has 0 aromatic carbocycles. The van der Waals surface area contributed by atoms with Gasteiger partial charge in [-0.05, 0) is 18.8 Å². The van der Waals surface area contributed by atoms with Crippen molar-refractivity contribution >= 4 is 5.78 Å². The van der Waals surface area contributed by atoms with Gasteiger partial charge < -0.3 is 0 Å². The Hall–Kier alpha value is -0.330. The summed E-state index contributed by atoms with van der Waals surface area (Å²) < 4.78 is 0. The van der Waals surface area contributed by atoms with E-state index >= 15 is 0 Å². The first kappa shape index (κ1) is 8.76. The highest BCUT2D eigenvalue weighted by Crippen LogP contribution is 2.38. The quantitative estimate of drug-likeness (QED) is 0.524. The van der Waals surface area contributed by atoms with E-state index in [0.29, 0.717) is 11.7 Å². The summed E-state index contributed by atoms with van der Waals surface area (Å²) in [5.74, 6) is 1.32. The van der Waals surface area contributed by atoms with Crippen molar-refractivity contribution in [3.05, 3.63) is 0 Å². The fourth-order valence-electron chi connectivity index (χ4n) is 1.84. The maximum atomic E-state index is 11.7. The maximum absolute atomic E-state index is 11.7. The summed E-state index contributed by atoms with van der Waals surface area (Å²) in [7, 11) is 0. The molecule has 11 heavy (non-hydrogen) atoms.